The first-order valence-electron chi connectivity index (χ1n) is 22.2. The number of quaternary nitrogens is 2. The van der Waals surface area contributed by atoms with Gasteiger partial charge in [-0.25, -0.2) is 0 Å². The maximum Gasteiger partial charge on any atom is 0.223 e. The number of hydrogen-bond acceptors (Lipinski definition) is 7. The number of unbranched alkanes of at least 4 members (excludes halogenated alkanes) is 4. The van der Waals surface area contributed by atoms with Gasteiger partial charge in [0, 0.05) is 137 Å². The lowest BCUT2D eigenvalue weighted by Crippen LogP contribution is -3.00. The quantitative estimate of drug-likeness (QED) is 0.0677. The molecule has 0 aromatic carbocycles. The smallest absolute Gasteiger partial charge is 0.223 e. The van der Waals surface area contributed by atoms with Crippen molar-refractivity contribution in [3.8, 4) is 0 Å². The summed E-state index contributed by atoms with van der Waals surface area (Å²) in [5.74, 6) is 3.35. The fourth-order valence-corrected chi connectivity index (χ4v) is 17.4. The molecule has 0 rings (SSSR count). The molecule has 0 spiro atoms. The topological polar surface area (TPSA) is 92.3 Å². The molecule has 0 radical (unpaired) electrons. The molecule has 0 fully saturated rings. The molecule has 19 heteroatoms. The molecule has 64 heavy (non-hydrogen) atoms. The van der Waals surface area contributed by atoms with Gasteiger partial charge in [-0.15, -0.1) is 0 Å². The van der Waals surface area contributed by atoms with E-state index in [4.69, 9.17) is 0 Å². The van der Waals surface area contributed by atoms with E-state index in [1.807, 2.05) is 45.5 Å². The van der Waals surface area contributed by atoms with Crippen molar-refractivity contribution in [1.29, 1.82) is 0 Å². The Bertz CT molecular complexity index is 1470. The lowest BCUT2D eigenvalue weighted by molar-refractivity contribution is -0.867. The number of nitrogens with one attached hydrogen (secondary N) is 2. The summed E-state index contributed by atoms with van der Waals surface area (Å²) in [6, 6.07) is 0. The summed E-state index contributed by atoms with van der Waals surface area (Å²) in [5.41, 5.74) is 0. The van der Waals surface area contributed by atoms with Crippen LogP contribution in [-0.4, -0.2) is 112 Å². The molecule has 8 nitrogen and oxygen atoms in total. The maximum absolute atomic E-state index is 12.1. The van der Waals surface area contributed by atoms with E-state index >= 15 is 0 Å². The van der Waals surface area contributed by atoms with Gasteiger partial charge in [-0.05, 0) is 43.6 Å². The summed E-state index contributed by atoms with van der Waals surface area (Å²) in [7, 11) is 22.1. The van der Waals surface area contributed by atoms with Crippen LogP contribution in [0.25, 0.3) is 0 Å². The predicted molar refractivity (Wildman–Crippen MR) is 296 cm³/mol. The zero-order chi connectivity index (χ0) is 48.4. The summed E-state index contributed by atoms with van der Waals surface area (Å²) in [6.45, 7) is 23.9. The number of likely N-dealkylation sites (N-methyl/N-ethyl adjacent to an activating group) is 1. The molecule has 0 aliphatic carbocycles. The average Bonchev–Trinajstić information content (AvgIpc) is 3.16. The van der Waals surface area contributed by atoms with E-state index in [9.17, 15) is 19.2 Å². The van der Waals surface area contributed by atoms with Crippen LogP contribution in [0.2, 0.25) is 0 Å². The van der Waals surface area contributed by atoms with E-state index < -0.39 is 0 Å². The minimum absolute atomic E-state index is 0. The van der Waals surface area contributed by atoms with Crippen molar-refractivity contribution in [3.63, 3.8) is 0 Å². The number of rotatable bonds is 29. The maximum atomic E-state index is 12.1. The molecule has 1 unspecified atom stereocenters. The number of allylic oxidation sites excluding steroid dienone is 1. The third-order valence-electron chi connectivity index (χ3n) is 8.69. The van der Waals surface area contributed by atoms with Gasteiger partial charge < -0.3 is 44.4 Å². The number of thioether (sulfide) groups is 1. The summed E-state index contributed by atoms with van der Waals surface area (Å²) in [6.07, 6.45) is 17.9. The molecule has 0 saturated heterocycles. The van der Waals surface area contributed by atoms with E-state index in [2.05, 4.69) is 110 Å². The predicted octanol–water partition coefficient (Wildman–Crippen LogP) is 3.27. The van der Waals surface area contributed by atoms with Gasteiger partial charge in [0.15, 0.2) is 0 Å². The number of halogens is 2. The van der Waals surface area contributed by atoms with Crippen LogP contribution in [0.15, 0.2) is 24.8 Å². The molecule has 0 saturated carbocycles. The van der Waals surface area contributed by atoms with E-state index in [1.54, 1.807) is 47.7 Å². The molecule has 0 aromatic heterocycles. The molecule has 382 valence electrons. The van der Waals surface area contributed by atoms with Crippen molar-refractivity contribution < 1.29 is 53.0 Å². The number of nitrogens with zero attached hydrogens (tertiary/aromatic N) is 2. The van der Waals surface area contributed by atoms with Gasteiger partial charge in [0.1, 0.15) is 11.6 Å². The second-order valence-electron chi connectivity index (χ2n) is 18.7. The fraction of sp³-hybridized carbons (Fsp3) is 0.822. The second kappa shape index (κ2) is 51.2. The van der Waals surface area contributed by atoms with Crippen molar-refractivity contribution >= 4 is 111 Å². The third-order valence-corrected chi connectivity index (χ3v) is 21.1. The first-order valence-corrected chi connectivity index (χ1v) is 32.6. The Labute approximate surface area is 437 Å². The fourth-order valence-electron chi connectivity index (χ4n) is 4.88. The Morgan fingerprint density at radius 3 is 1.52 bits per heavy atom. The van der Waals surface area contributed by atoms with E-state index in [1.165, 1.54) is 49.9 Å². The molecule has 1 atom stereocenters. The molecular weight excluding hydrogens is 1020 g/mol. The Morgan fingerprint density at radius 2 is 1.06 bits per heavy atom. The number of ketones is 2. The normalized spacial score (nSPS) is 11.2. The lowest BCUT2D eigenvalue weighted by atomic mass is 10.0. The Morgan fingerprint density at radius 1 is 0.594 bits per heavy atom. The number of amides is 2. The first-order chi connectivity index (χ1) is 28.9. The summed E-state index contributed by atoms with van der Waals surface area (Å²) in [4.78, 5) is 47.1. The highest BCUT2D eigenvalue weighted by Crippen LogP contribution is 2.22. The first kappa shape index (κ1) is 75.9. The molecule has 2 amide bonds. The Hall–Kier alpha value is 0.370. The molecular formula is C45H90Cl2N4O4S9. The zero-order valence-electron chi connectivity index (χ0n) is 42.0. The largest absolute Gasteiger partial charge is 1.00 e. The number of Topliss-reactive ketones (excluding diaryl/α,β-unsaturated/α-hetero) is 2. The van der Waals surface area contributed by atoms with E-state index in [-0.39, 0.29) is 59.5 Å². The Balaban J connectivity index is -0.000000195. The van der Waals surface area contributed by atoms with Gasteiger partial charge in [-0.2, -0.15) is 11.8 Å². The van der Waals surface area contributed by atoms with Crippen molar-refractivity contribution in [1.82, 2.24) is 10.6 Å². The lowest BCUT2D eigenvalue weighted by Gasteiger charge is -2.25. The molecule has 0 bridgehead atoms. The van der Waals surface area contributed by atoms with Crippen LogP contribution < -0.4 is 35.4 Å². The van der Waals surface area contributed by atoms with E-state index in [0.717, 1.165) is 72.5 Å². The summed E-state index contributed by atoms with van der Waals surface area (Å²) in [5, 5.41) is 6.19. The van der Waals surface area contributed by atoms with Gasteiger partial charge in [0.25, 0.3) is 0 Å². The highest BCUT2D eigenvalue weighted by atomic mass is 35.5. The molecule has 2 N–H and O–H groups in total. The van der Waals surface area contributed by atoms with Crippen LogP contribution in [0.4, 0.5) is 0 Å². The number of carbonyl (C=O) groups is 4. The van der Waals surface area contributed by atoms with Crippen LogP contribution in [0.3, 0.4) is 0 Å². The van der Waals surface area contributed by atoms with Crippen molar-refractivity contribution in [2.24, 2.45) is 23.7 Å². The standard InChI is InChI=1S/C20H40N2O2S.C19H35NO2.C6H14N.2ClH.S8/c1-16(2)9-8-12-21-20(24)11-10-18(15-19(23)17(3)4)25-14-13-22(5,6)7;1-16(2)12-8-6-5-7-11-15-20-19(22)14-10-9-13-18(21)17(3)4;1-5-6-7(2,3)4;;;1-3-5-7-8-6-4-2/h16-18H,8-15H2,1-7H3;9-10,16-17H,5-8,11-15H2,1-4H3,(H,20,22);5H,1,6H2,2-4H3;2*1H;/q;;+1;;;/p-1/b;10-9+;;;;. The van der Waals surface area contributed by atoms with Crippen LogP contribution in [0, 0.1) is 23.7 Å². The molecule has 0 aromatic rings. The third kappa shape index (κ3) is 68.9. The summed E-state index contributed by atoms with van der Waals surface area (Å²) < 4.78 is 1.90. The van der Waals surface area contributed by atoms with Crippen molar-refractivity contribution in [2.75, 3.05) is 74.2 Å². The van der Waals surface area contributed by atoms with Crippen LogP contribution in [-0.2, 0) is 94.8 Å². The molecule has 0 heterocycles. The van der Waals surface area contributed by atoms with Gasteiger partial charge >= 0.3 is 0 Å². The van der Waals surface area contributed by atoms with Crippen LogP contribution in [0.5, 0.6) is 0 Å². The average molecular weight is 1110 g/mol. The zero-order valence-corrected chi connectivity index (χ0v) is 50.9. The van der Waals surface area contributed by atoms with Gasteiger partial charge in [-0.3, -0.25) is 19.2 Å². The van der Waals surface area contributed by atoms with Gasteiger partial charge in [0.2, 0.25) is 11.8 Å². The van der Waals surface area contributed by atoms with Crippen LogP contribution in [0.1, 0.15) is 139 Å². The van der Waals surface area contributed by atoms with Gasteiger partial charge in [0.05, 0.1) is 55.4 Å². The van der Waals surface area contributed by atoms with Crippen molar-refractivity contribution in [3.05, 3.63) is 24.8 Å². The van der Waals surface area contributed by atoms with Gasteiger partial charge in [-0.1, -0.05) is 106 Å². The highest BCUT2D eigenvalue weighted by molar-refractivity contribution is 8.70. The minimum Gasteiger partial charge on any atom is -1.00 e. The van der Waals surface area contributed by atoms with Crippen molar-refractivity contribution in [2.45, 2.75) is 144 Å². The number of carbonyl (C=O) groups excluding carboxylic acids is 4. The Kier molecular flexibility index (Phi) is 60.7. The van der Waals surface area contributed by atoms with E-state index in [0.29, 0.717) is 37.4 Å². The van der Waals surface area contributed by atoms with Crippen LogP contribution >= 0.6 is 11.8 Å². The second-order valence-corrected chi connectivity index (χ2v) is 30.8. The minimum atomic E-state index is 0. The molecule has 0 aliphatic heterocycles. The monoisotopic (exact) mass is 1110 g/mol. The number of hydrogen-bond donors (Lipinski definition) is 2. The SMILES string of the molecule is C=CC[N+](C)(C)C.CC(C)CCCCCCCNC(=O)C/C=C/CC(=O)C(C)C.CC(C)CCCNC(=O)CCC(CC(=O)C(C)C)SCC[N+](C)(C)C.S=S=S=S=S=S=S=S.[Cl-].[Cl-]. The summed E-state index contributed by atoms with van der Waals surface area (Å²) >= 11 is 11.1. The molecule has 0 aliphatic rings. The highest BCUT2D eigenvalue weighted by Gasteiger charge is 2.19.